The molecule has 3 aromatic carbocycles. The fraction of sp³-hybridized carbons (Fsp3) is 0.111. The Morgan fingerprint density at radius 3 is 2.12 bits per heavy atom. The lowest BCUT2D eigenvalue weighted by Crippen LogP contribution is -2.32. The summed E-state index contributed by atoms with van der Waals surface area (Å²) < 4.78 is 12.5. The zero-order chi connectivity index (χ0) is 21.7. The molecule has 0 fully saturated rings. The van der Waals surface area contributed by atoms with Crippen LogP contribution in [0.2, 0.25) is 0 Å². The number of benzene rings is 3. The number of hydrogen-bond acceptors (Lipinski definition) is 5. The van der Waals surface area contributed by atoms with E-state index in [0.29, 0.717) is 23.6 Å². The number of anilines is 2. The fourth-order valence-electron chi connectivity index (χ4n) is 4.84. The number of para-hydroxylation sites is 2. The van der Waals surface area contributed by atoms with Crippen molar-refractivity contribution in [2.75, 3.05) is 11.4 Å². The van der Waals surface area contributed by atoms with Crippen LogP contribution >= 0.6 is 0 Å². The van der Waals surface area contributed by atoms with Crippen LogP contribution < -0.4 is 9.64 Å². The Bertz CT molecular complexity index is 1300. The molecule has 0 bridgehead atoms. The number of carbonyl (C=O) groups excluding carboxylic acids is 1. The second-order valence-corrected chi connectivity index (χ2v) is 7.80. The van der Waals surface area contributed by atoms with Crippen LogP contribution in [-0.4, -0.2) is 17.5 Å². The lowest BCUT2D eigenvalue weighted by atomic mass is 9.77. The normalized spacial score (nSPS) is 14.7. The van der Waals surface area contributed by atoms with E-state index in [1.54, 1.807) is 6.20 Å². The van der Waals surface area contributed by atoms with Gasteiger partial charge >= 0.3 is 5.97 Å². The van der Waals surface area contributed by atoms with Crippen LogP contribution in [0.15, 0.2) is 91.1 Å². The molecule has 2 aliphatic heterocycles. The summed E-state index contributed by atoms with van der Waals surface area (Å²) in [6.45, 7) is 2.70. The van der Waals surface area contributed by atoms with Crippen LogP contribution in [0.3, 0.4) is 0 Å². The molecule has 1 aromatic heterocycles. The van der Waals surface area contributed by atoms with Gasteiger partial charge in [0.2, 0.25) is 0 Å². The quantitative estimate of drug-likeness (QED) is 0.392. The van der Waals surface area contributed by atoms with Crippen molar-refractivity contribution in [3.63, 3.8) is 0 Å². The topological polar surface area (TPSA) is 51.7 Å². The number of aromatic nitrogens is 1. The second-order valence-electron chi connectivity index (χ2n) is 7.80. The molecule has 0 N–H and O–H groups in total. The van der Waals surface area contributed by atoms with Crippen LogP contribution in [0.5, 0.6) is 11.5 Å². The summed E-state index contributed by atoms with van der Waals surface area (Å²) in [6, 6.07) is 27.2. The minimum atomic E-state index is -1.06. The van der Waals surface area contributed by atoms with Gasteiger partial charge in [0.05, 0.1) is 11.3 Å². The first-order valence-corrected chi connectivity index (χ1v) is 10.7. The van der Waals surface area contributed by atoms with E-state index in [0.717, 1.165) is 28.2 Å². The van der Waals surface area contributed by atoms with E-state index in [9.17, 15) is 4.79 Å². The largest absolute Gasteiger partial charge is 0.456 e. The Balaban J connectivity index is 1.64. The smallest absolute Gasteiger partial charge is 0.342 e. The molecule has 0 radical (unpaired) electrons. The fourth-order valence-corrected chi connectivity index (χ4v) is 4.84. The van der Waals surface area contributed by atoms with E-state index >= 15 is 0 Å². The monoisotopic (exact) mass is 420 g/mol. The van der Waals surface area contributed by atoms with Crippen molar-refractivity contribution in [3.05, 3.63) is 113 Å². The molecule has 0 amide bonds. The van der Waals surface area contributed by atoms with Crippen molar-refractivity contribution >= 4 is 17.5 Å². The number of nitrogens with zero attached hydrogens (tertiary/aromatic N) is 2. The van der Waals surface area contributed by atoms with Gasteiger partial charge in [0.15, 0.2) is 5.60 Å². The average molecular weight is 420 g/mol. The molecule has 156 valence electrons. The molecule has 0 unspecified atom stereocenters. The van der Waals surface area contributed by atoms with Crippen molar-refractivity contribution in [3.8, 4) is 11.5 Å². The summed E-state index contributed by atoms with van der Waals surface area (Å²) in [7, 11) is 0. The summed E-state index contributed by atoms with van der Waals surface area (Å²) in [6.07, 6.45) is 1.76. The number of carbonyl (C=O) groups is 1. The highest BCUT2D eigenvalue weighted by molar-refractivity contribution is 6.03. The number of esters is 1. The number of pyridine rings is 1. The maximum absolute atomic E-state index is 13.5. The molecule has 0 saturated heterocycles. The van der Waals surface area contributed by atoms with Crippen LogP contribution in [0, 0.1) is 0 Å². The van der Waals surface area contributed by atoms with Gasteiger partial charge in [-0.25, -0.2) is 9.78 Å². The predicted octanol–water partition coefficient (Wildman–Crippen LogP) is 5.81. The molecule has 1 spiro atoms. The van der Waals surface area contributed by atoms with Crippen molar-refractivity contribution in [1.29, 1.82) is 0 Å². The van der Waals surface area contributed by atoms with Gasteiger partial charge in [-0.15, -0.1) is 0 Å². The van der Waals surface area contributed by atoms with Gasteiger partial charge in [0.25, 0.3) is 0 Å². The van der Waals surface area contributed by atoms with E-state index in [-0.39, 0.29) is 5.97 Å². The third-order valence-corrected chi connectivity index (χ3v) is 6.16. The lowest BCUT2D eigenvalue weighted by molar-refractivity contribution is 0.0225. The van der Waals surface area contributed by atoms with E-state index in [4.69, 9.17) is 9.47 Å². The molecule has 0 saturated carbocycles. The van der Waals surface area contributed by atoms with Gasteiger partial charge < -0.3 is 14.4 Å². The molecule has 0 atom stereocenters. The average Bonchev–Trinajstić information content (AvgIpc) is 3.14. The third-order valence-electron chi connectivity index (χ3n) is 6.16. The molecule has 3 heterocycles. The Morgan fingerprint density at radius 2 is 1.47 bits per heavy atom. The molecule has 0 aliphatic carbocycles. The molecule has 5 nitrogen and oxygen atoms in total. The highest BCUT2D eigenvalue weighted by Gasteiger charge is 2.54. The molecule has 32 heavy (non-hydrogen) atoms. The first-order valence-electron chi connectivity index (χ1n) is 10.7. The number of fused-ring (bicyclic) bond motifs is 6. The minimum absolute atomic E-state index is 0.350. The van der Waals surface area contributed by atoms with E-state index in [2.05, 4.69) is 4.98 Å². The van der Waals surface area contributed by atoms with Crippen LogP contribution in [0.25, 0.3) is 0 Å². The minimum Gasteiger partial charge on any atom is -0.456 e. The summed E-state index contributed by atoms with van der Waals surface area (Å²) in [5, 5.41) is 0. The third kappa shape index (κ3) is 2.45. The van der Waals surface area contributed by atoms with E-state index in [1.165, 1.54) is 0 Å². The Kier molecular flexibility index (Phi) is 4.05. The van der Waals surface area contributed by atoms with E-state index in [1.807, 2.05) is 96.8 Å². The number of hydrogen-bond donors (Lipinski definition) is 0. The SMILES string of the molecule is CCN(c1ccccn1)c1cccc2c1C(=O)OC21c2ccccc2Oc2ccccc21. The summed E-state index contributed by atoms with van der Waals surface area (Å²) in [5.74, 6) is 1.81. The standard InChI is InChI=1S/C27H20N2O3/c1-2-29(24-16-7-8-17-28-24)21-13-9-12-20-25(21)26(30)32-27(20)18-10-3-5-14-22(18)31-23-15-6-4-11-19(23)27/h3-17H,2H2,1H3. The molecular formula is C27H20N2O3. The van der Waals surface area contributed by atoms with Crippen LogP contribution in [-0.2, 0) is 10.3 Å². The van der Waals surface area contributed by atoms with Crippen LogP contribution in [0.1, 0.15) is 34.0 Å². The maximum Gasteiger partial charge on any atom is 0.342 e. The Hall–Kier alpha value is -4.12. The van der Waals surface area contributed by atoms with Gasteiger partial charge in [-0.2, -0.15) is 0 Å². The van der Waals surface area contributed by atoms with Gasteiger partial charge in [0, 0.05) is 29.4 Å². The zero-order valence-corrected chi connectivity index (χ0v) is 17.5. The molecule has 2 aliphatic rings. The molecule has 5 heteroatoms. The highest BCUT2D eigenvalue weighted by atomic mass is 16.6. The summed E-state index contributed by atoms with van der Waals surface area (Å²) >= 11 is 0. The van der Waals surface area contributed by atoms with Gasteiger partial charge in [0.1, 0.15) is 17.3 Å². The summed E-state index contributed by atoms with van der Waals surface area (Å²) in [4.78, 5) is 20.1. The van der Waals surface area contributed by atoms with Gasteiger partial charge in [-0.1, -0.05) is 54.6 Å². The number of rotatable bonds is 3. The van der Waals surface area contributed by atoms with Crippen molar-refractivity contribution in [1.82, 2.24) is 4.98 Å². The lowest BCUT2D eigenvalue weighted by Gasteiger charge is -2.36. The highest BCUT2D eigenvalue weighted by Crippen LogP contribution is 2.57. The first kappa shape index (κ1) is 18.6. The second kappa shape index (κ2) is 6.95. The number of ether oxygens (including phenoxy) is 2. The maximum atomic E-state index is 13.5. The first-order chi connectivity index (χ1) is 15.7. The van der Waals surface area contributed by atoms with Gasteiger partial charge in [-0.3, -0.25) is 0 Å². The zero-order valence-electron chi connectivity index (χ0n) is 17.5. The Morgan fingerprint density at radius 1 is 0.812 bits per heavy atom. The molecule has 4 aromatic rings. The van der Waals surface area contributed by atoms with Crippen molar-refractivity contribution < 1.29 is 14.3 Å². The summed E-state index contributed by atoms with van der Waals surface area (Å²) in [5.41, 5.74) is 2.75. The van der Waals surface area contributed by atoms with E-state index < -0.39 is 5.60 Å². The van der Waals surface area contributed by atoms with Crippen LogP contribution in [0.4, 0.5) is 11.5 Å². The van der Waals surface area contributed by atoms with Crippen molar-refractivity contribution in [2.24, 2.45) is 0 Å². The molecule has 6 rings (SSSR count). The molecular weight excluding hydrogens is 400 g/mol. The van der Waals surface area contributed by atoms with Crippen molar-refractivity contribution in [2.45, 2.75) is 12.5 Å². The Labute approximate surface area is 185 Å². The van der Waals surface area contributed by atoms with Gasteiger partial charge in [-0.05, 0) is 37.3 Å². The predicted molar refractivity (Wildman–Crippen MR) is 122 cm³/mol.